The Hall–Kier alpha value is -1.29. The van der Waals surface area contributed by atoms with Gasteiger partial charge in [0.2, 0.25) is 0 Å². The molecule has 0 unspecified atom stereocenters. The molecule has 17 heavy (non-hydrogen) atoms. The van der Waals surface area contributed by atoms with Crippen molar-refractivity contribution in [3.63, 3.8) is 0 Å². The Morgan fingerprint density at radius 2 is 2.24 bits per heavy atom. The molecule has 0 atom stereocenters. The van der Waals surface area contributed by atoms with Gasteiger partial charge < -0.3 is 10.6 Å². The predicted octanol–water partition coefficient (Wildman–Crippen LogP) is 2.82. The number of hydrogen-bond acceptors (Lipinski definition) is 2. The van der Waals surface area contributed by atoms with Gasteiger partial charge in [-0.05, 0) is 31.5 Å². The maximum atomic E-state index is 12.2. The fraction of sp³-hybridized carbons (Fsp3) is 0.308. The summed E-state index contributed by atoms with van der Waals surface area (Å²) in [6.07, 6.45) is 3.04. The van der Waals surface area contributed by atoms with Crippen molar-refractivity contribution in [1.29, 1.82) is 0 Å². The summed E-state index contributed by atoms with van der Waals surface area (Å²) in [5.74, 6) is 0.0127. The molecule has 2 rings (SSSR count). The van der Waals surface area contributed by atoms with E-state index in [2.05, 4.69) is 28.9 Å². The molecule has 3 nitrogen and oxygen atoms in total. The highest BCUT2D eigenvalue weighted by Gasteiger charge is 2.19. The van der Waals surface area contributed by atoms with Crippen molar-refractivity contribution in [3.05, 3.63) is 39.9 Å². The van der Waals surface area contributed by atoms with Crippen LogP contribution in [0.5, 0.6) is 0 Å². The zero-order valence-corrected chi connectivity index (χ0v) is 11.3. The zero-order chi connectivity index (χ0) is 12.4. The molecule has 0 aliphatic carbocycles. The Labute approximate surface area is 109 Å². The number of nitrogen functional groups attached to an aromatic ring is 1. The smallest absolute Gasteiger partial charge is 0.256 e. The second-order valence-corrected chi connectivity index (χ2v) is 5.20. The van der Waals surface area contributed by atoms with E-state index in [0.717, 1.165) is 17.4 Å². The molecule has 0 saturated carbocycles. The van der Waals surface area contributed by atoms with E-state index >= 15 is 0 Å². The number of nitrogens with two attached hydrogens (primary N) is 1. The van der Waals surface area contributed by atoms with Crippen LogP contribution in [0, 0.1) is 0 Å². The van der Waals surface area contributed by atoms with Gasteiger partial charge in [-0.2, -0.15) is 0 Å². The molecule has 2 N–H and O–H groups in total. The molecule has 0 aromatic heterocycles. The number of carbonyl (C=O) groups excluding carboxylic acids is 1. The average molecular weight is 295 g/mol. The summed E-state index contributed by atoms with van der Waals surface area (Å²) in [6, 6.07) is 5.37. The lowest BCUT2D eigenvalue weighted by atomic mass is 10.1. The molecule has 0 radical (unpaired) electrons. The molecule has 0 bridgehead atoms. The Kier molecular flexibility index (Phi) is 3.52. The van der Waals surface area contributed by atoms with E-state index in [1.54, 1.807) is 12.1 Å². The predicted molar refractivity (Wildman–Crippen MR) is 72.8 cm³/mol. The summed E-state index contributed by atoms with van der Waals surface area (Å²) < 4.78 is 0.890. The van der Waals surface area contributed by atoms with Crippen molar-refractivity contribution in [1.82, 2.24) is 4.90 Å². The zero-order valence-electron chi connectivity index (χ0n) is 9.74. The molecule has 0 fully saturated rings. The van der Waals surface area contributed by atoms with E-state index in [9.17, 15) is 4.79 Å². The van der Waals surface area contributed by atoms with E-state index in [1.165, 1.54) is 5.57 Å². The summed E-state index contributed by atoms with van der Waals surface area (Å²) >= 11 is 3.33. The van der Waals surface area contributed by atoms with Gasteiger partial charge in [-0.1, -0.05) is 27.6 Å². The second-order valence-electron chi connectivity index (χ2n) is 4.28. The number of halogens is 1. The summed E-state index contributed by atoms with van der Waals surface area (Å²) in [5.41, 5.74) is 8.32. The van der Waals surface area contributed by atoms with Crippen LogP contribution in [-0.4, -0.2) is 23.9 Å². The molecule has 1 heterocycles. The van der Waals surface area contributed by atoms with Crippen molar-refractivity contribution in [2.24, 2.45) is 0 Å². The third kappa shape index (κ3) is 2.69. The lowest BCUT2D eigenvalue weighted by Crippen LogP contribution is -2.35. The molecule has 1 aliphatic rings. The van der Waals surface area contributed by atoms with E-state index in [-0.39, 0.29) is 5.91 Å². The highest BCUT2D eigenvalue weighted by molar-refractivity contribution is 9.10. The molecular weight excluding hydrogens is 280 g/mol. The fourth-order valence-corrected chi connectivity index (χ4v) is 2.23. The Morgan fingerprint density at radius 3 is 2.82 bits per heavy atom. The van der Waals surface area contributed by atoms with Gasteiger partial charge in [0.25, 0.3) is 5.91 Å². The SMILES string of the molecule is CC1=CCN(C(=O)c2ccc(Br)cc2N)CC1. The molecule has 0 saturated heterocycles. The normalized spacial score (nSPS) is 15.6. The molecule has 1 aromatic carbocycles. The lowest BCUT2D eigenvalue weighted by molar-refractivity contribution is 0.0770. The molecule has 1 aromatic rings. The monoisotopic (exact) mass is 294 g/mol. The van der Waals surface area contributed by atoms with Gasteiger partial charge in [0.05, 0.1) is 5.56 Å². The van der Waals surface area contributed by atoms with Crippen molar-refractivity contribution in [3.8, 4) is 0 Å². The van der Waals surface area contributed by atoms with Crippen LogP contribution in [0.25, 0.3) is 0 Å². The van der Waals surface area contributed by atoms with Crippen LogP contribution >= 0.6 is 15.9 Å². The largest absolute Gasteiger partial charge is 0.398 e. The molecule has 0 spiro atoms. The molecule has 1 amide bonds. The first kappa shape index (κ1) is 12.2. The van der Waals surface area contributed by atoms with E-state index in [0.29, 0.717) is 17.8 Å². The van der Waals surface area contributed by atoms with Crippen molar-refractivity contribution >= 4 is 27.5 Å². The summed E-state index contributed by atoms with van der Waals surface area (Å²) in [7, 11) is 0. The minimum atomic E-state index is 0.0127. The first-order valence-electron chi connectivity index (χ1n) is 5.58. The standard InChI is InChI=1S/C13H15BrN2O/c1-9-4-6-16(7-5-9)13(17)11-3-2-10(14)8-12(11)15/h2-4,8H,5-7,15H2,1H3. The van der Waals surface area contributed by atoms with Crippen LogP contribution in [-0.2, 0) is 0 Å². The number of anilines is 1. The van der Waals surface area contributed by atoms with Crippen LogP contribution in [0.1, 0.15) is 23.7 Å². The number of benzene rings is 1. The third-order valence-electron chi connectivity index (χ3n) is 2.97. The minimum absolute atomic E-state index is 0.0127. The highest BCUT2D eigenvalue weighted by Crippen LogP contribution is 2.21. The fourth-order valence-electron chi connectivity index (χ4n) is 1.85. The molecule has 1 aliphatic heterocycles. The molecule has 90 valence electrons. The Morgan fingerprint density at radius 1 is 1.47 bits per heavy atom. The number of rotatable bonds is 1. The van der Waals surface area contributed by atoms with Gasteiger partial charge in [0, 0.05) is 23.2 Å². The van der Waals surface area contributed by atoms with Crippen molar-refractivity contribution in [2.45, 2.75) is 13.3 Å². The van der Waals surface area contributed by atoms with Gasteiger partial charge in [0.1, 0.15) is 0 Å². The van der Waals surface area contributed by atoms with E-state index in [1.807, 2.05) is 11.0 Å². The quantitative estimate of drug-likeness (QED) is 0.639. The Balaban J connectivity index is 2.20. The van der Waals surface area contributed by atoms with Crippen LogP contribution in [0.2, 0.25) is 0 Å². The van der Waals surface area contributed by atoms with Gasteiger partial charge in [-0.15, -0.1) is 0 Å². The van der Waals surface area contributed by atoms with Crippen molar-refractivity contribution in [2.75, 3.05) is 18.8 Å². The van der Waals surface area contributed by atoms with E-state index in [4.69, 9.17) is 5.73 Å². The summed E-state index contributed by atoms with van der Waals surface area (Å²) in [4.78, 5) is 14.1. The summed E-state index contributed by atoms with van der Waals surface area (Å²) in [6.45, 7) is 3.55. The van der Waals surface area contributed by atoms with Gasteiger partial charge in [0.15, 0.2) is 0 Å². The van der Waals surface area contributed by atoms with Crippen LogP contribution in [0.3, 0.4) is 0 Å². The van der Waals surface area contributed by atoms with Gasteiger partial charge in [-0.25, -0.2) is 0 Å². The first-order valence-corrected chi connectivity index (χ1v) is 6.37. The lowest BCUT2D eigenvalue weighted by Gasteiger charge is -2.26. The van der Waals surface area contributed by atoms with E-state index < -0.39 is 0 Å². The minimum Gasteiger partial charge on any atom is -0.398 e. The van der Waals surface area contributed by atoms with Gasteiger partial charge in [-0.3, -0.25) is 4.79 Å². The van der Waals surface area contributed by atoms with Crippen molar-refractivity contribution < 1.29 is 4.79 Å². The number of hydrogen-bond donors (Lipinski definition) is 1. The van der Waals surface area contributed by atoms with Gasteiger partial charge >= 0.3 is 0 Å². The Bertz CT molecular complexity index is 482. The highest BCUT2D eigenvalue weighted by atomic mass is 79.9. The second kappa shape index (κ2) is 4.92. The third-order valence-corrected chi connectivity index (χ3v) is 3.46. The van der Waals surface area contributed by atoms with Crippen LogP contribution in [0.4, 0.5) is 5.69 Å². The number of carbonyl (C=O) groups is 1. The maximum absolute atomic E-state index is 12.2. The van der Waals surface area contributed by atoms with Crippen LogP contribution < -0.4 is 5.73 Å². The molecule has 4 heteroatoms. The number of nitrogens with zero attached hydrogens (tertiary/aromatic N) is 1. The topological polar surface area (TPSA) is 46.3 Å². The average Bonchev–Trinajstić information content (AvgIpc) is 2.29. The molecular formula is C13H15BrN2O. The maximum Gasteiger partial charge on any atom is 0.256 e. The first-order chi connectivity index (χ1) is 8.08. The summed E-state index contributed by atoms with van der Waals surface area (Å²) in [5, 5.41) is 0. The van der Waals surface area contributed by atoms with Crippen LogP contribution in [0.15, 0.2) is 34.3 Å². The number of amides is 1.